The summed E-state index contributed by atoms with van der Waals surface area (Å²) in [5.74, 6) is -0.136. The molecular formula is C26H33NO6. The fourth-order valence-electron chi connectivity index (χ4n) is 3.83. The third-order valence-electron chi connectivity index (χ3n) is 5.40. The fraction of sp³-hybridized carbons (Fsp3) is 0.462. The second-order valence-electron chi connectivity index (χ2n) is 7.80. The minimum Gasteiger partial charge on any atom is -0.463 e. The standard InChI is InChI=1S/C26H33NO6/c1-2-8-25(28)32-18-17-31-16-15-30-14-7-13-27-26(29)33-19-24-22-11-5-3-9-20(22)21-10-4-6-12-23(21)24/h3-6,9-12,24H,2,7-8,13-19H2,1H3,(H,27,29). The lowest BCUT2D eigenvalue weighted by Gasteiger charge is -2.14. The van der Waals surface area contributed by atoms with Crippen LogP contribution in [-0.2, 0) is 23.7 Å². The Hall–Kier alpha value is -2.90. The van der Waals surface area contributed by atoms with Crippen LogP contribution in [0.5, 0.6) is 0 Å². The van der Waals surface area contributed by atoms with Gasteiger partial charge in [0, 0.05) is 25.5 Å². The predicted octanol–water partition coefficient (Wildman–Crippen LogP) is 4.29. The van der Waals surface area contributed by atoms with E-state index in [-0.39, 0.29) is 18.5 Å². The van der Waals surface area contributed by atoms with Crippen molar-refractivity contribution in [2.75, 3.05) is 46.2 Å². The highest BCUT2D eigenvalue weighted by Gasteiger charge is 2.28. The topological polar surface area (TPSA) is 83.1 Å². The van der Waals surface area contributed by atoms with Gasteiger partial charge >= 0.3 is 12.1 Å². The van der Waals surface area contributed by atoms with Crippen molar-refractivity contribution < 1.29 is 28.5 Å². The van der Waals surface area contributed by atoms with Gasteiger partial charge in [-0.25, -0.2) is 4.79 Å². The summed E-state index contributed by atoms with van der Waals surface area (Å²) in [6, 6.07) is 16.5. The third kappa shape index (κ3) is 7.58. The SMILES string of the molecule is CCCC(=O)OCCOCCOCCCNC(=O)OCC1c2ccccc2-c2ccccc21. The summed E-state index contributed by atoms with van der Waals surface area (Å²) < 4.78 is 21.3. The van der Waals surface area contributed by atoms with Gasteiger partial charge in [-0.3, -0.25) is 4.79 Å². The van der Waals surface area contributed by atoms with E-state index in [0.717, 1.165) is 6.42 Å². The molecule has 2 aromatic carbocycles. The molecule has 33 heavy (non-hydrogen) atoms. The molecule has 0 atom stereocenters. The number of esters is 1. The van der Waals surface area contributed by atoms with E-state index >= 15 is 0 Å². The van der Waals surface area contributed by atoms with Crippen LogP contribution in [0.2, 0.25) is 0 Å². The number of alkyl carbamates (subject to hydrolysis) is 1. The molecule has 0 aromatic heterocycles. The predicted molar refractivity (Wildman–Crippen MR) is 125 cm³/mol. The molecule has 0 fully saturated rings. The van der Waals surface area contributed by atoms with Gasteiger partial charge in [0.15, 0.2) is 0 Å². The molecule has 0 saturated heterocycles. The van der Waals surface area contributed by atoms with Gasteiger partial charge in [0.05, 0.1) is 19.8 Å². The summed E-state index contributed by atoms with van der Waals surface area (Å²) in [6.45, 7) is 4.75. The Kier molecular flexibility index (Phi) is 10.2. The number of nitrogens with one attached hydrogen (secondary N) is 1. The fourth-order valence-corrected chi connectivity index (χ4v) is 3.83. The minimum absolute atomic E-state index is 0.0571. The van der Waals surface area contributed by atoms with Gasteiger partial charge in [-0.2, -0.15) is 0 Å². The highest BCUT2D eigenvalue weighted by Crippen LogP contribution is 2.44. The minimum atomic E-state index is -0.419. The second-order valence-corrected chi connectivity index (χ2v) is 7.80. The molecule has 178 valence electrons. The van der Waals surface area contributed by atoms with Crippen LogP contribution in [0.15, 0.2) is 48.5 Å². The molecule has 1 aliphatic rings. The highest BCUT2D eigenvalue weighted by molar-refractivity contribution is 5.79. The quantitative estimate of drug-likeness (QED) is 0.338. The zero-order valence-corrected chi connectivity index (χ0v) is 19.2. The van der Waals surface area contributed by atoms with Crippen molar-refractivity contribution in [3.8, 4) is 11.1 Å². The molecule has 0 spiro atoms. The van der Waals surface area contributed by atoms with Crippen molar-refractivity contribution in [3.05, 3.63) is 59.7 Å². The molecule has 7 nitrogen and oxygen atoms in total. The molecule has 3 rings (SSSR count). The van der Waals surface area contributed by atoms with Crippen molar-refractivity contribution in [1.29, 1.82) is 0 Å². The van der Waals surface area contributed by atoms with Gasteiger partial charge in [0.2, 0.25) is 0 Å². The Balaban J connectivity index is 1.23. The van der Waals surface area contributed by atoms with E-state index in [0.29, 0.717) is 52.4 Å². The van der Waals surface area contributed by atoms with Crippen LogP contribution < -0.4 is 5.32 Å². The maximum atomic E-state index is 12.1. The molecule has 1 N–H and O–H groups in total. The molecule has 0 heterocycles. The monoisotopic (exact) mass is 455 g/mol. The van der Waals surface area contributed by atoms with Gasteiger partial charge < -0.3 is 24.3 Å². The van der Waals surface area contributed by atoms with Crippen molar-refractivity contribution in [2.45, 2.75) is 32.1 Å². The summed E-state index contributed by atoms with van der Waals surface area (Å²) in [5.41, 5.74) is 4.81. The van der Waals surface area contributed by atoms with E-state index in [2.05, 4.69) is 29.6 Å². The van der Waals surface area contributed by atoms with Crippen LogP contribution in [-0.4, -0.2) is 58.2 Å². The molecule has 0 unspecified atom stereocenters. The Morgan fingerprint density at radius 3 is 2.09 bits per heavy atom. The number of rotatable bonds is 14. The van der Waals surface area contributed by atoms with Crippen molar-refractivity contribution in [1.82, 2.24) is 5.32 Å². The Labute approximate surface area is 195 Å². The molecular weight excluding hydrogens is 422 g/mol. The maximum Gasteiger partial charge on any atom is 0.407 e. The van der Waals surface area contributed by atoms with E-state index in [1.54, 1.807) is 0 Å². The maximum absolute atomic E-state index is 12.1. The lowest BCUT2D eigenvalue weighted by Crippen LogP contribution is -2.27. The van der Waals surface area contributed by atoms with E-state index < -0.39 is 6.09 Å². The van der Waals surface area contributed by atoms with E-state index in [1.165, 1.54) is 22.3 Å². The Morgan fingerprint density at radius 1 is 0.818 bits per heavy atom. The molecule has 2 aromatic rings. The number of fused-ring (bicyclic) bond motifs is 3. The molecule has 1 aliphatic carbocycles. The summed E-state index contributed by atoms with van der Waals surface area (Å²) in [5, 5.41) is 2.77. The summed E-state index contributed by atoms with van der Waals surface area (Å²) in [7, 11) is 0. The van der Waals surface area contributed by atoms with Gasteiger partial charge in [-0.15, -0.1) is 0 Å². The number of carbonyl (C=O) groups excluding carboxylic acids is 2. The van der Waals surface area contributed by atoms with Crippen LogP contribution in [0.4, 0.5) is 4.79 Å². The first kappa shape index (κ1) is 24.7. The molecule has 7 heteroatoms. The van der Waals surface area contributed by atoms with Gasteiger partial charge in [-0.05, 0) is 35.1 Å². The molecule has 0 bridgehead atoms. The molecule has 0 radical (unpaired) electrons. The number of benzene rings is 2. The summed E-state index contributed by atoms with van der Waals surface area (Å²) in [4.78, 5) is 23.3. The Morgan fingerprint density at radius 2 is 1.42 bits per heavy atom. The largest absolute Gasteiger partial charge is 0.463 e. The van der Waals surface area contributed by atoms with Crippen LogP contribution in [0.3, 0.4) is 0 Å². The van der Waals surface area contributed by atoms with E-state index in [9.17, 15) is 9.59 Å². The van der Waals surface area contributed by atoms with Crippen molar-refractivity contribution >= 4 is 12.1 Å². The molecule has 1 amide bonds. The first-order chi connectivity index (χ1) is 16.2. The summed E-state index contributed by atoms with van der Waals surface area (Å²) >= 11 is 0. The number of amides is 1. The smallest absolute Gasteiger partial charge is 0.407 e. The average Bonchev–Trinajstić information content (AvgIpc) is 3.15. The van der Waals surface area contributed by atoms with Crippen LogP contribution >= 0.6 is 0 Å². The van der Waals surface area contributed by atoms with Gasteiger partial charge in [0.1, 0.15) is 13.2 Å². The van der Waals surface area contributed by atoms with Crippen molar-refractivity contribution in [2.24, 2.45) is 0 Å². The van der Waals surface area contributed by atoms with Gasteiger partial charge in [0.25, 0.3) is 0 Å². The number of ether oxygens (including phenoxy) is 4. The van der Waals surface area contributed by atoms with Gasteiger partial charge in [-0.1, -0.05) is 55.5 Å². The molecule has 0 saturated carbocycles. The van der Waals surface area contributed by atoms with Crippen LogP contribution in [0, 0.1) is 0 Å². The molecule has 0 aliphatic heterocycles. The lowest BCUT2D eigenvalue weighted by atomic mass is 9.98. The number of hydrogen-bond donors (Lipinski definition) is 1. The first-order valence-corrected chi connectivity index (χ1v) is 11.6. The number of hydrogen-bond acceptors (Lipinski definition) is 6. The third-order valence-corrected chi connectivity index (χ3v) is 5.40. The first-order valence-electron chi connectivity index (χ1n) is 11.6. The Bertz CT molecular complexity index is 854. The van der Waals surface area contributed by atoms with Crippen LogP contribution in [0.25, 0.3) is 11.1 Å². The van der Waals surface area contributed by atoms with E-state index in [4.69, 9.17) is 18.9 Å². The van der Waals surface area contributed by atoms with Crippen LogP contribution in [0.1, 0.15) is 43.2 Å². The second kappa shape index (κ2) is 13.6. The summed E-state index contributed by atoms with van der Waals surface area (Å²) in [6.07, 6.45) is 1.48. The van der Waals surface area contributed by atoms with Crippen molar-refractivity contribution in [3.63, 3.8) is 0 Å². The normalized spacial score (nSPS) is 12.2. The average molecular weight is 456 g/mol. The zero-order valence-electron chi connectivity index (χ0n) is 19.2. The highest BCUT2D eigenvalue weighted by atomic mass is 16.6. The van der Waals surface area contributed by atoms with E-state index in [1.807, 2.05) is 31.2 Å². The zero-order chi connectivity index (χ0) is 23.3. The lowest BCUT2D eigenvalue weighted by molar-refractivity contribution is -0.145. The number of carbonyl (C=O) groups is 2.